The van der Waals surface area contributed by atoms with Crippen LogP contribution in [0.5, 0.6) is 0 Å². The van der Waals surface area contributed by atoms with Crippen molar-refractivity contribution in [2.75, 3.05) is 6.54 Å². The summed E-state index contributed by atoms with van der Waals surface area (Å²) >= 11 is 0. The molecule has 1 aromatic carbocycles. The van der Waals surface area contributed by atoms with Gasteiger partial charge in [-0.3, -0.25) is 4.99 Å². The first-order valence-electron chi connectivity index (χ1n) is 9.15. The Morgan fingerprint density at radius 3 is 2.43 bits per heavy atom. The molecular formula is C20H32N2Si. The van der Waals surface area contributed by atoms with E-state index in [2.05, 4.69) is 68.8 Å². The van der Waals surface area contributed by atoms with Crippen LogP contribution in [0.15, 0.2) is 35.3 Å². The van der Waals surface area contributed by atoms with Gasteiger partial charge >= 0.3 is 0 Å². The summed E-state index contributed by atoms with van der Waals surface area (Å²) in [4.78, 5) is 8.83. The highest BCUT2D eigenvalue weighted by molar-refractivity contribution is 6.76. The van der Waals surface area contributed by atoms with Gasteiger partial charge in [0, 0.05) is 12.1 Å². The summed E-state index contributed by atoms with van der Waals surface area (Å²) in [5.41, 5.74) is 1.79. The first-order valence-corrected chi connectivity index (χ1v) is 12.7. The van der Waals surface area contributed by atoms with Gasteiger partial charge in [0.05, 0.1) is 0 Å². The molecule has 0 amide bonds. The highest BCUT2D eigenvalue weighted by Crippen LogP contribution is 2.61. The lowest BCUT2D eigenvalue weighted by Gasteiger charge is -2.60. The van der Waals surface area contributed by atoms with Crippen molar-refractivity contribution in [2.45, 2.75) is 52.8 Å². The number of nitrogens with one attached hydrogen (secondary N) is 1. The summed E-state index contributed by atoms with van der Waals surface area (Å²) in [6, 6.07) is 10.6. The standard InChI is InChI=1S/C20H32N2Si/c1-20(2)17-12-11-16(18(20)13-17)14-21-19(22-23(3,4)5)15-9-7-6-8-10-15/h6-10,16-18H,11-14H2,1-5H3,(H,21,22). The van der Waals surface area contributed by atoms with Crippen LogP contribution in [0.1, 0.15) is 38.7 Å². The second kappa shape index (κ2) is 6.08. The fraction of sp³-hybridized carbons (Fsp3) is 0.650. The third-order valence-electron chi connectivity index (χ3n) is 6.03. The van der Waals surface area contributed by atoms with Crippen molar-refractivity contribution < 1.29 is 0 Å². The Labute approximate surface area is 142 Å². The topological polar surface area (TPSA) is 24.4 Å². The molecule has 2 nitrogen and oxygen atoms in total. The maximum atomic E-state index is 5.08. The molecule has 0 aromatic heterocycles. The van der Waals surface area contributed by atoms with Crippen molar-refractivity contribution in [1.29, 1.82) is 0 Å². The summed E-state index contributed by atoms with van der Waals surface area (Å²) < 4.78 is 0. The second-order valence-electron chi connectivity index (χ2n) is 9.13. The monoisotopic (exact) mass is 328 g/mol. The van der Waals surface area contributed by atoms with Crippen LogP contribution < -0.4 is 4.98 Å². The van der Waals surface area contributed by atoms with Crippen LogP contribution in [0, 0.1) is 23.2 Å². The van der Waals surface area contributed by atoms with Crippen LogP contribution in [-0.4, -0.2) is 20.6 Å². The first-order chi connectivity index (χ1) is 10.8. The number of rotatable bonds is 4. The zero-order valence-corrected chi connectivity index (χ0v) is 16.4. The van der Waals surface area contributed by atoms with E-state index >= 15 is 0 Å². The molecule has 1 N–H and O–H groups in total. The first kappa shape index (κ1) is 16.8. The number of benzene rings is 1. The number of hydrogen-bond acceptors (Lipinski definition) is 1. The van der Waals surface area contributed by atoms with E-state index in [9.17, 15) is 0 Å². The minimum absolute atomic E-state index is 0.553. The molecule has 126 valence electrons. The highest BCUT2D eigenvalue weighted by Gasteiger charge is 2.53. The van der Waals surface area contributed by atoms with E-state index in [0.29, 0.717) is 5.41 Å². The fourth-order valence-corrected chi connectivity index (χ4v) is 5.48. The maximum Gasteiger partial charge on any atom is 0.145 e. The van der Waals surface area contributed by atoms with Crippen LogP contribution in [0.3, 0.4) is 0 Å². The van der Waals surface area contributed by atoms with Crippen molar-refractivity contribution in [1.82, 2.24) is 4.98 Å². The third-order valence-corrected chi connectivity index (χ3v) is 7.01. The second-order valence-corrected chi connectivity index (χ2v) is 13.9. The minimum atomic E-state index is -1.41. The molecule has 0 radical (unpaired) electrons. The predicted molar refractivity (Wildman–Crippen MR) is 102 cm³/mol. The molecule has 0 heterocycles. The lowest BCUT2D eigenvalue weighted by atomic mass is 9.45. The van der Waals surface area contributed by atoms with Gasteiger partial charge in [0.15, 0.2) is 0 Å². The van der Waals surface area contributed by atoms with Gasteiger partial charge in [-0.1, -0.05) is 63.8 Å². The third kappa shape index (κ3) is 3.55. The molecule has 2 bridgehead atoms. The van der Waals surface area contributed by atoms with E-state index in [4.69, 9.17) is 4.99 Å². The van der Waals surface area contributed by atoms with Gasteiger partial charge < -0.3 is 4.98 Å². The molecule has 4 rings (SSSR count). The smallest absolute Gasteiger partial charge is 0.145 e. The van der Waals surface area contributed by atoms with Gasteiger partial charge in [-0.2, -0.15) is 0 Å². The normalized spacial score (nSPS) is 29.8. The Balaban J connectivity index is 1.76. The van der Waals surface area contributed by atoms with Crippen LogP contribution >= 0.6 is 0 Å². The Morgan fingerprint density at radius 1 is 1.17 bits per heavy atom. The SMILES string of the molecule is CC1(C)C2CCC(CN=C(N[Si](C)(C)C)c3ccccc3)C1C2. The van der Waals surface area contributed by atoms with E-state index in [0.717, 1.165) is 30.1 Å². The molecule has 3 unspecified atom stereocenters. The van der Waals surface area contributed by atoms with Crippen molar-refractivity contribution in [2.24, 2.45) is 28.2 Å². The van der Waals surface area contributed by atoms with Crippen LogP contribution in [0.2, 0.25) is 19.6 Å². The van der Waals surface area contributed by atoms with Crippen molar-refractivity contribution in [3.05, 3.63) is 35.9 Å². The number of nitrogens with zero attached hydrogens (tertiary/aromatic N) is 1. The van der Waals surface area contributed by atoms with E-state index in [1.165, 1.54) is 24.8 Å². The summed E-state index contributed by atoms with van der Waals surface area (Å²) in [7, 11) is -1.41. The van der Waals surface area contributed by atoms with Crippen LogP contribution in [0.4, 0.5) is 0 Å². The lowest BCUT2D eigenvalue weighted by Crippen LogP contribution is -2.53. The van der Waals surface area contributed by atoms with Crippen molar-refractivity contribution >= 4 is 14.1 Å². The summed E-state index contributed by atoms with van der Waals surface area (Å²) in [6.07, 6.45) is 4.22. The Hall–Kier alpha value is -1.09. The zero-order valence-electron chi connectivity index (χ0n) is 15.4. The van der Waals surface area contributed by atoms with Gasteiger partial charge in [-0.15, -0.1) is 0 Å². The van der Waals surface area contributed by atoms with Gasteiger partial charge in [0.2, 0.25) is 0 Å². The molecule has 0 aliphatic heterocycles. The van der Waals surface area contributed by atoms with Gasteiger partial charge in [0.25, 0.3) is 0 Å². The van der Waals surface area contributed by atoms with E-state index < -0.39 is 8.24 Å². The minimum Gasteiger partial charge on any atom is -0.396 e. The zero-order chi connectivity index (χ0) is 16.7. The molecule has 3 atom stereocenters. The average Bonchev–Trinajstić information content (AvgIpc) is 2.51. The summed E-state index contributed by atoms with van der Waals surface area (Å²) in [5, 5.41) is 0. The molecule has 3 aliphatic carbocycles. The number of amidine groups is 1. The quantitative estimate of drug-likeness (QED) is 0.473. The Kier molecular flexibility index (Phi) is 4.43. The Bertz CT molecular complexity index is 569. The van der Waals surface area contributed by atoms with Crippen LogP contribution in [0.25, 0.3) is 0 Å². The maximum absolute atomic E-state index is 5.08. The van der Waals surface area contributed by atoms with E-state index in [1.807, 2.05) is 0 Å². The highest BCUT2D eigenvalue weighted by atomic mass is 28.3. The van der Waals surface area contributed by atoms with Crippen molar-refractivity contribution in [3.63, 3.8) is 0 Å². The largest absolute Gasteiger partial charge is 0.396 e. The number of fused-ring (bicyclic) bond motifs is 2. The van der Waals surface area contributed by atoms with E-state index in [1.54, 1.807) is 0 Å². The fourth-order valence-electron chi connectivity index (χ4n) is 4.54. The molecule has 23 heavy (non-hydrogen) atoms. The molecule has 1 aromatic rings. The summed E-state index contributed by atoms with van der Waals surface area (Å²) in [6.45, 7) is 13.0. The predicted octanol–water partition coefficient (Wildman–Crippen LogP) is 4.93. The van der Waals surface area contributed by atoms with Gasteiger partial charge in [-0.25, -0.2) is 0 Å². The molecule has 3 heteroatoms. The summed E-state index contributed by atoms with van der Waals surface area (Å²) in [5.74, 6) is 3.75. The van der Waals surface area contributed by atoms with E-state index in [-0.39, 0.29) is 0 Å². The average molecular weight is 329 g/mol. The van der Waals surface area contributed by atoms with Gasteiger partial charge in [-0.05, 0) is 42.4 Å². The number of aliphatic imine (C=N–C) groups is 1. The van der Waals surface area contributed by atoms with Crippen molar-refractivity contribution in [3.8, 4) is 0 Å². The molecular weight excluding hydrogens is 296 g/mol. The van der Waals surface area contributed by atoms with Crippen LogP contribution in [-0.2, 0) is 0 Å². The Morgan fingerprint density at radius 2 is 1.87 bits per heavy atom. The molecule has 3 saturated carbocycles. The molecule has 0 spiro atoms. The molecule has 3 aliphatic rings. The van der Waals surface area contributed by atoms with Gasteiger partial charge in [0.1, 0.15) is 14.1 Å². The number of hydrogen-bond donors (Lipinski definition) is 1. The lowest BCUT2D eigenvalue weighted by molar-refractivity contribution is -0.101. The molecule has 3 fully saturated rings. The molecule has 0 saturated heterocycles.